The summed E-state index contributed by atoms with van der Waals surface area (Å²) in [6.45, 7) is 9.19. The summed E-state index contributed by atoms with van der Waals surface area (Å²) in [6, 6.07) is 10.9. The van der Waals surface area contributed by atoms with E-state index in [0.29, 0.717) is 40.7 Å². The van der Waals surface area contributed by atoms with Crippen LogP contribution in [0.25, 0.3) is 22.6 Å². The average Bonchev–Trinajstić information content (AvgIpc) is 3.23. The third-order valence-corrected chi connectivity index (χ3v) is 9.36. The summed E-state index contributed by atoms with van der Waals surface area (Å²) in [5.41, 5.74) is 2.58. The predicted octanol–water partition coefficient (Wildman–Crippen LogP) is 4.88. The summed E-state index contributed by atoms with van der Waals surface area (Å²) in [7, 11) is -4.55. The van der Waals surface area contributed by atoms with Gasteiger partial charge < -0.3 is 14.6 Å². The van der Waals surface area contributed by atoms with Gasteiger partial charge in [-0.2, -0.15) is 0 Å². The fraction of sp³-hybridized carbons (Fsp3) is 0.346. The van der Waals surface area contributed by atoms with Crippen molar-refractivity contribution in [3.63, 3.8) is 0 Å². The molecule has 0 aliphatic heterocycles. The molecule has 0 radical (unpaired) electrons. The highest BCUT2D eigenvalue weighted by Crippen LogP contribution is 2.33. The van der Waals surface area contributed by atoms with Gasteiger partial charge in [-0.25, -0.2) is 18.4 Å². The van der Waals surface area contributed by atoms with Gasteiger partial charge in [-0.05, 0) is 36.4 Å². The number of ether oxygens (including phenoxy) is 2. The second kappa shape index (κ2) is 11.1. The molecule has 0 spiro atoms. The molecule has 0 bridgehead atoms. The summed E-state index contributed by atoms with van der Waals surface area (Å²) in [6.07, 6.45) is 4.87. The van der Waals surface area contributed by atoms with Crippen molar-refractivity contribution in [2.24, 2.45) is 0 Å². The molecule has 0 unspecified atom stereocenters. The highest BCUT2D eigenvalue weighted by Gasteiger charge is 2.19. The number of benzene rings is 2. The maximum absolute atomic E-state index is 12.1. The molecule has 9 nitrogen and oxygen atoms in total. The Bertz CT molecular complexity index is 1470. The number of hydrogen-bond donors (Lipinski definition) is 1. The van der Waals surface area contributed by atoms with Crippen molar-refractivity contribution in [2.75, 3.05) is 12.4 Å². The van der Waals surface area contributed by atoms with Gasteiger partial charge in [0.05, 0.1) is 34.5 Å². The number of rotatable bonds is 11. The average molecular weight is 541 g/mol. The molecule has 0 amide bonds. The Balaban J connectivity index is 1.69. The highest BCUT2D eigenvalue weighted by atomic mass is 32.2. The third kappa shape index (κ3) is 6.42. The van der Waals surface area contributed by atoms with Gasteiger partial charge in [0.2, 0.25) is 0 Å². The first-order valence-electron chi connectivity index (χ1n) is 12.1. The topological polar surface area (TPSA) is 116 Å². The van der Waals surface area contributed by atoms with Crippen LogP contribution < -0.4 is 4.74 Å². The standard InChI is InChI=1S/C26H32N4O5SSi/c1-5-36(32,33)21-8-6-20(7-9-21)35-25-15-22-24(14-19(25)17-31)30(18-34-12-13-37(2,3)4)26(29-22)23-16-27-10-11-28-23/h6-11,14-16,31H,5,12-13,17-18H2,1-4H3. The van der Waals surface area contributed by atoms with Crippen LogP contribution in [0.1, 0.15) is 12.5 Å². The monoisotopic (exact) mass is 540 g/mol. The smallest absolute Gasteiger partial charge is 0.178 e. The van der Waals surface area contributed by atoms with E-state index in [1.54, 1.807) is 43.7 Å². The summed E-state index contributed by atoms with van der Waals surface area (Å²) in [4.78, 5) is 13.6. The predicted molar refractivity (Wildman–Crippen MR) is 145 cm³/mol. The molecule has 0 aliphatic carbocycles. The lowest BCUT2D eigenvalue weighted by atomic mass is 10.2. The lowest BCUT2D eigenvalue weighted by Crippen LogP contribution is -2.22. The molecule has 1 N–H and O–H groups in total. The molecule has 2 heterocycles. The summed E-state index contributed by atoms with van der Waals surface area (Å²) >= 11 is 0. The molecule has 37 heavy (non-hydrogen) atoms. The normalized spacial score (nSPS) is 12.2. The Hall–Kier alpha value is -3.12. The first-order valence-corrected chi connectivity index (χ1v) is 17.5. The van der Waals surface area contributed by atoms with Crippen molar-refractivity contribution < 1.29 is 23.0 Å². The first kappa shape index (κ1) is 26.9. The number of aliphatic hydroxyl groups excluding tert-OH is 1. The molecule has 11 heteroatoms. The molecule has 2 aromatic heterocycles. The third-order valence-electron chi connectivity index (χ3n) is 5.90. The van der Waals surface area contributed by atoms with E-state index in [1.807, 2.05) is 10.6 Å². The number of sulfone groups is 1. The first-order chi connectivity index (χ1) is 17.6. The van der Waals surface area contributed by atoms with E-state index in [4.69, 9.17) is 14.5 Å². The van der Waals surface area contributed by atoms with Gasteiger partial charge in [-0.15, -0.1) is 0 Å². The van der Waals surface area contributed by atoms with Gasteiger partial charge in [0.15, 0.2) is 15.7 Å². The Kier molecular flexibility index (Phi) is 8.07. The number of imidazole rings is 1. The van der Waals surface area contributed by atoms with Crippen molar-refractivity contribution in [2.45, 2.75) is 50.8 Å². The zero-order chi connectivity index (χ0) is 26.6. The minimum Gasteiger partial charge on any atom is -0.457 e. The maximum atomic E-state index is 12.1. The van der Waals surface area contributed by atoms with Crippen LogP contribution in [-0.2, 0) is 27.9 Å². The van der Waals surface area contributed by atoms with Crippen LogP contribution in [0, 0.1) is 0 Å². The second-order valence-corrected chi connectivity index (χ2v) is 17.8. The molecule has 196 valence electrons. The van der Waals surface area contributed by atoms with Gasteiger partial charge >= 0.3 is 0 Å². The van der Waals surface area contributed by atoms with E-state index < -0.39 is 17.9 Å². The molecule has 4 rings (SSSR count). The van der Waals surface area contributed by atoms with Gasteiger partial charge in [0.1, 0.15) is 23.9 Å². The van der Waals surface area contributed by atoms with E-state index in [-0.39, 0.29) is 24.0 Å². The van der Waals surface area contributed by atoms with E-state index >= 15 is 0 Å². The van der Waals surface area contributed by atoms with Gasteiger partial charge in [-0.1, -0.05) is 26.6 Å². The Morgan fingerprint density at radius 3 is 2.46 bits per heavy atom. The Morgan fingerprint density at radius 1 is 1.08 bits per heavy atom. The van der Waals surface area contributed by atoms with Crippen LogP contribution in [0.5, 0.6) is 11.5 Å². The van der Waals surface area contributed by atoms with Gasteiger partial charge in [-0.3, -0.25) is 9.55 Å². The number of hydrogen-bond acceptors (Lipinski definition) is 8. The van der Waals surface area contributed by atoms with Crippen molar-refractivity contribution in [3.8, 4) is 23.0 Å². The molecular formula is C26H32N4O5SSi. The van der Waals surface area contributed by atoms with Gasteiger partial charge in [0.25, 0.3) is 0 Å². The molecule has 0 saturated carbocycles. The zero-order valence-electron chi connectivity index (χ0n) is 21.5. The molecule has 0 aliphatic rings. The quantitative estimate of drug-likeness (QED) is 0.211. The lowest BCUT2D eigenvalue weighted by Gasteiger charge is -2.16. The van der Waals surface area contributed by atoms with Crippen molar-refractivity contribution in [3.05, 3.63) is 60.6 Å². The number of fused-ring (bicyclic) bond motifs is 1. The summed E-state index contributed by atoms with van der Waals surface area (Å²) in [5.74, 6) is 1.51. The van der Waals surface area contributed by atoms with E-state index in [0.717, 1.165) is 11.6 Å². The number of aromatic nitrogens is 4. The van der Waals surface area contributed by atoms with E-state index in [9.17, 15) is 13.5 Å². The van der Waals surface area contributed by atoms with Crippen LogP contribution >= 0.6 is 0 Å². The van der Waals surface area contributed by atoms with Crippen molar-refractivity contribution in [1.29, 1.82) is 0 Å². The van der Waals surface area contributed by atoms with Crippen LogP contribution in [0.3, 0.4) is 0 Å². The van der Waals surface area contributed by atoms with Crippen LogP contribution in [-0.4, -0.2) is 53.5 Å². The van der Waals surface area contributed by atoms with Crippen LogP contribution in [0.2, 0.25) is 25.7 Å². The lowest BCUT2D eigenvalue weighted by molar-refractivity contribution is 0.0909. The molecule has 2 aromatic carbocycles. The Morgan fingerprint density at radius 2 is 1.84 bits per heavy atom. The van der Waals surface area contributed by atoms with Crippen molar-refractivity contribution in [1.82, 2.24) is 19.5 Å². The zero-order valence-corrected chi connectivity index (χ0v) is 23.3. The second-order valence-electron chi connectivity index (χ2n) is 9.89. The summed E-state index contributed by atoms with van der Waals surface area (Å²) < 4.78 is 38.2. The minimum atomic E-state index is -3.30. The summed E-state index contributed by atoms with van der Waals surface area (Å²) in [5, 5.41) is 10.1. The van der Waals surface area contributed by atoms with Gasteiger partial charge in [0, 0.05) is 38.7 Å². The minimum absolute atomic E-state index is 0.0250. The number of nitrogens with zero attached hydrogens (tertiary/aromatic N) is 4. The van der Waals surface area contributed by atoms with Crippen molar-refractivity contribution >= 4 is 28.9 Å². The molecule has 4 aromatic rings. The molecule has 0 atom stereocenters. The molecule has 0 fully saturated rings. The highest BCUT2D eigenvalue weighted by molar-refractivity contribution is 7.91. The van der Waals surface area contributed by atoms with Crippen LogP contribution in [0.4, 0.5) is 0 Å². The fourth-order valence-corrected chi connectivity index (χ4v) is 5.34. The van der Waals surface area contributed by atoms with E-state index in [2.05, 4.69) is 29.6 Å². The van der Waals surface area contributed by atoms with Crippen LogP contribution in [0.15, 0.2) is 59.9 Å². The Labute approximate surface area is 218 Å². The largest absolute Gasteiger partial charge is 0.457 e. The maximum Gasteiger partial charge on any atom is 0.178 e. The molecular weight excluding hydrogens is 508 g/mol. The fourth-order valence-electron chi connectivity index (χ4n) is 3.70. The van der Waals surface area contributed by atoms with E-state index in [1.165, 1.54) is 12.1 Å². The SMILES string of the molecule is CCS(=O)(=O)c1ccc(Oc2cc3nc(-c4cnccn4)n(COCC[Si](C)(C)C)c3cc2CO)cc1. The molecule has 0 saturated heterocycles. The number of aliphatic hydroxyl groups is 1.